The Labute approximate surface area is 129 Å². The molecule has 0 bridgehead atoms. The van der Waals surface area contributed by atoms with E-state index < -0.39 is 10.0 Å². The van der Waals surface area contributed by atoms with Crippen LogP contribution in [-0.2, 0) is 14.8 Å². The number of nitrogens with two attached hydrogens (primary N) is 1. The van der Waals surface area contributed by atoms with E-state index in [1.165, 1.54) is 22.8 Å². The molecule has 0 radical (unpaired) electrons. The fourth-order valence-corrected chi connectivity index (χ4v) is 5.20. The Bertz CT molecular complexity index is 536. The highest BCUT2D eigenvalue weighted by Gasteiger charge is 2.32. The summed E-state index contributed by atoms with van der Waals surface area (Å²) in [4.78, 5) is 0. The van der Waals surface area contributed by atoms with Gasteiger partial charge in [0.25, 0.3) is 10.0 Å². The van der Waals surface area contributed by atoms with Crippen molar-refractivity contribution in [2.75, 3.05) is 33.4 Å². The molecule has 0 amide bonds. The van der Waals surface area contributed by atoms with Crippen molar-refractivity contribution >= 4 is 21.4 Å². The van der Waals surface area contributed by atoms with Gasteiger partial charge in [0.05, 0.1) is 13.2 Å². The molecule has 8 heteroatoms. The van der Waals surface area contributed by atoms with Gasteiger partial charge in [-0.15, -0.1) is 11.3 Å². The van der Waals surface area contributed by atoms with Gasteiger partial charge in [-0.1, -0.05) is 0 Å². The van der Waals surface area contributed by atoms with Gasteiger partial charge in [-0.2, -0.15) is 4.31 Å². The van der Waals surface area contributed by atoms with Gasteiger partial charge in [-0.25, -0.2) is 8.42 Å². The molecule has 1 saturated heterocycles. The van der Waals surface area contributed by atoms with Gasteiger partial charge in [-0.05, 0) is 37.3 Å². The van der Waals surface area contributed by atoms with Crippen LogP contribution in [0.4, 0.5) is 0 Å². The number of sulfonamides is 1. The van der Waals surface area contributed by atoms with Gasteiger partial charge >= 0.3 is 0 Å². The molecule has 0 atom stereocenters. The van der Waals surface area contributed by atoms with Crippen molar-refractivity contribution in [3.8, 4) is 5.75 Å². The van der Waals surface area contributed by atoms with Crippen molar-refractivity contribution in [2.45, 2.75) is 29.6 Å². The van der Waals surface area contributed by atoms with Crippen LogP contribution in [0.3, 0.4) is 0 Å². The first-order valence-electron chi connectivity index (χ1n) is 7.03. The number of nitrogens with zero attached hydrogens (tertiary/aromatic N) is 1. The zero-order valence-electron chi connectivity index (χ0n) is 12.2. The largest absolute Gasteiger partial charge is 0.494 e. The first kappa shape index (κ1) is 16.7. The number of methoxy groups -OCH3 is 1. The lowest BCUT2D eigenvalue weighted by atomic mass is 10.1. The molecule has 1 fully saturated rings. The van der Waals surface area contributed by atoms with Gasteiger partial charge in [0.15, 0.2) is 4.21 Å². The third-order valence-corrected chi connectivity index (χ3v) is 6.82. The molecule has 120 valence electrons. The second-order valence-electron chi connectivity index (χ2n) is 4.89. The molecule has 1 aromatic heterocycles. The van der Waals surface area contributed by atoms with E-state index in [0.717, 1.165) is 19.3 Å². The summed E-state index contributed by atoms with van der Waals surface area (Å²) < 4.78 is 37.8. The standard InChI is InChI=1S/C13H22N2O4S2/c1-18-12-5-10-20-13(12)21(16,17)15-7-3-11(4-8-15)19-9-2-6-14/h5,10-11H,2-4,6-9,14H2,1H3. The Morgan fingerprint density at radius 2 is 2.14 bits per heavy atom. The SMILES string of the molecule is COc1ccsc1S(=O)(=O)N1CCC(OCCCN)CC1. The van der Waals surface area contributed by atoms with Crippen LogP contribution < -0.4 is 10.5 Å². The first-order valence-corrected chi connectivity index (χ1v) is 9.35. The summed E-state index contributed by atoms with van der Waals surface area (Å²) in [5.41, 5.74) is 5.43. The molecule has 2 rings (SSSR count). The Kier molecular flexibility index (Phi) is 6.00. The van der Waals surface area contributed by atoms with Crippen LogP contribution in [0.1, 0.15) is 19.3 Å². The lowest BCUT2D eigenvalue weighted by Crippen LogP contribution is -2.40. The summed E-state index contributed by atoms with van der Waals surface area (Å²) in [6.07, 6.45) is 2.41. The highest BCUT2D eigenvalue weighted by atomic mass is 32.2. The van der Waals surface area contributed by atoms with E-state index in [9.17, 15) is 8.42 Å². The fourth-order valence-electron chi connectivity index (χ4n) is 2.31. The van der Waals surface area contributed by atoms with E-state index in [1.807, 2.05) is 0 Å². The molecule has 2 N–H and O–H groups in total. The Morgan fingerprint density at radius 1 is 1.43 bits per heavy atom. The Morgan fingerprint density at radius 3 is 2.76 bits per heavy atom. The van der Waals surface area contributed by atoms with Crippen LogP contribution in [0.5, 0.6) is 5.75 Å². The molecule has 0 aromatic carbocycles. The Hall–Kier alpha value is -0.670. The third-order valence-electron chi connectivity index (χ3n) is 3.49. The van der Waals surface area contributed by atoms with Crippen LogP contribution in [0.2, 0.25) is 0 Å². The smallest absolute Gasteiger partial charge is 0.256 e. The minimum Gasteiger partial charge on any atom is -0.494 e. The molecular formula is C13H22N2O4S2. The average Bonchev–Trinajstić information content (AvgIpc) is 2.97. The van der Waals surface area contributed by atoms with E-state index in [2.05, 4.69) is 0 Å². The number of hydrogen-bond acceptors (Lipinski definition) is 6. The molecular weight excluding hydrogens is 312 g/mol. The van der Waals surface area contributed by atoms with E-state index in [4.69, 9.17) is 15.2 Å². The average molecular weight is 334 g/mol. The van der Waals surface area contributed by atoms with Crippen molar-refractivity contribution in [1.82, 2.24) is 4.31 Å². The van der Waals surface area contributed by atoms with Crippen molar-refractivity contribution in [3.63, 3.8) is 0 Å². The number of thiophene rings is 1. The fraction of sp³-hybridized carbons (Fsp3) is 0.692. The quantitative estimate of drug-likeness (QED) is 0.760. The summed E-state index contributed by atoms with van der Waals surface area (Å²) in [7, 11) is -1.97. The van der Waals surface area contributed by atoms with Gasteiger partial charge in [0.1, 0.15) is 5.75 Å². The molecule has 1 aliphatic rings. The van der Waals surface area contributed by atoms with E-state index in [-0.39, 0.29) is 10.3 Å². The normalized spacial score (nSPS) is 18.0. The van der Waals surface area contributed by atoms with Gasteiger partial charge in [0, 0.05) is 19.7 Å². The Balaban J connectivity index is 1.95. The third kappa shape index (κ3) is 3.95. The lowest BCUT2D eigenvalue weighted by Gasteiger charge is -2.30. The van der Waals surface area contributed by atoms with E-state index >= 15 is 0 Å². The van der Waals surface area contributed by atoms with Crippen LogP contribution >= 0.6 is 11.3 Å². The van der Waals surface area contributed by atoms with E-state index in [1.54, 1.807) is 11.4 Å². The molecule has 21 heavy (non-hydrogen) atoms. The minimum absolute atomic E-state index is 0.133. The zero-order valence-corrected chi connectivity index (χ0v) is 13.8. The molecule has 2 heterocycles. The number of piperidine rings is 1. The first-order chi connectivity index (χ1) is 10.1. The maximum Gasteiger partial charge on any atom is 0.256 e. The molecule has 1 aromatic rings. The highest BCUT2D eigenvalue weighted by molar-refractivity contribution is 7.91. The van der Waals surface area contributed by atoms with E-state index in [0.29, 0.717) is 32.0 Å². The maximum absolute atomic E-state index is 12.6. The monoisotopic (exact) mass is 334 g/mol. The highest BCUT2D eigenvalue weighted by Crippen LogP contribution is 2.33. The predicted octanol–water partition coefficient (Wildman–Crippen LogP) is 1.28. The summed E-state index contributed by atoms with van der Waals surface area (Å²) in [6.45, 7) is 2.23. The molecule has 0 aliphatic carbocycles. The summed E-state index contributed by atoms with van der Waals surface area (Å²) in [5.74, 6) is 0.418. The maximum atomic E-state index is 12.6. The van der Waals surface area contributed by atoms with Crippen LogP contribution in [0.25, 0.3) is 0 Å². The van der Waals surface area contributed by atoms with Crippen molar-refractivity contribution in [3.05, 3.63) is 11.4 Å². The number of ether oxygens (including phenoxy) is 2. The lowest BCUT2D eigenvalue weighted by molar-refractivity contribution is 0.0209. The number of hydrogen-bond donors (Lipinski definition) is 1. The molecule has 0 unspecified atom stereocenters. The number of rotatable bonds is 7. The van der Waals surface area contributed by atoms with Crippen molar-refractivity contribution in [1.29, 1.82) is 0 Å². The molecule has 6 nitrogen and oxygen atoms in total. The minimum atomic E-state index is -3.46. The van der Waals surface area contributed by atoms with Gasteiger partial charge in [-0.3, -0.25) is 0 Å². The molecule has 1 aliphatic heterocycles. The second kappa shape index (κ2) is 7.55. The molecule has 0 spiro atoms. The summed E-state index contributed by atoms with van der Waals surface area (Å²) in [6, 6.07) is 1.68. The van der Waals surface area contributed by atoms with Crippen LogP contribution in [-0.4, -0.2) is 52.2 Å². The van der Waals surface area contributed by atoms with Gasteiger partial charge < -0.3 is 15.2 Å². The summed E-state index contributed by atoms with van der Waals surface area (Å²) in [5, 5.41) is 1.73. The predicted molar refractivity (Wildman–Crippen MR) is 82.3 cm³/mol. The molecule has 0 saturated carbocycles. The van der Waals surface area contributed by atoms with Crippen molar-refractivity contribution in [2.24, 2.45) is 5.73 Å². The summed E-state index contributed by atoms with van der Waals surface area (Å²) >= 11 is 1.19. The zero-order chi connectivity index (χ0) is 15.3. The van der Waals surface area contributed by atoms with Crippen LogP contribution in [0.15, 0.2) is 15.7 Å². The van der Waals surface area contributed by atoms with Crippen LogP contribution in [0, 0.1) is 0 Å². The van der Waals surface area contributed by atoms with Gasteiger partial charge in [0.2, 0.25) is 0 Å². The topological polar surface area (TPSA) is 81.9 Å². The second-order valence-corrected chi connectivity index (χ2v) is 7.94. The van der Waals surface area contributed by atoms with Crippen molar-refractivity contribution < 1.29 is 17.9 Å².